The standard InChI is InChI=1S/C28H30N4O3S/c1-3-35-22-13-11-21(12-14-22)32-27(34)24(29-28(32)36)16-20-17-30(25-10-5-4-9-23(20)25)18-26(33)31-15-7-6-8-19(31)2/h4-5,9-14,16-17,19H,3,6-8,15,18H2,1-2H3,(H,29,36)/b24-16-/t19-/m1/s1. The molecule has 0 unspecified atom stereocenters. The number of aromatic nitrogens is 1. The number of piperidine rings is 1. The SMILES string of the molecule is CCOc1ccc(N2C(=O)/C(=C/c3cn(CC(=O)N4CCCC[C@H]4C)c4ccccc34)NC2=S)cc1. The summed E-state index contributed by atoms with van der Waals surface area (Å²) >= 11 is 5.48. The van der Waals surface area contributed by atoms with E-state index in [1.165, 1.54) is 11.3 Å². The van der Waals surface area contributed by atoms with Crippen molar-refractivity contribution in [2.45, 2.75) is 45.7 Å². The minimum Gasteiger partial charge on any atom is -0.494 e. The zero-order valence-corrected chi connectivity index (χ0v) is 21.4. The minimum atomic E-state index is -0.223. The van der Waals surface area contributed by atoms with Crippen LogP contribution >= 0.6 is 12.2 Å². The highest BCUT2D eigenvalue weighted by Gasteiger charge is 2.32. The van der Waals surface area contributed by atoms with Crippen LogP contribution in [0.15, 0.2) is 60.4 Å². The zero-order valence-electron chi connectivity index (χ0n) is 20.6. The molecule has 0 saturated carbocycles. The molecule has 2 amide bonds. The number of hydrogen-bond donors (Lipinski definition) is 1. The van der Waals surface area contributed by atoms with Crippen LogP contribution in [0.4, 0.5) is 5.69 Å². The van der Waals surface area contributed by atoms with Gasteiger partial charge in [0, 0.05) is 35.2 Å². The minimum absolute atomic E-state index is 0.125. The molecule has 2 aliphatic heterocycles. The molecule has 2 aliphatic rings. The quantitative estimate of drug-likeness (QED) is 0.391. The lowest BCUT2D eigenvalue weighted by Gasteiger charge is -2.33. The number of rotatable bonds is 6. The number of amides is 2. The predicted octanol–water partition coefficient (Wildman–Crippen LogP) is 4.70. The Hall–Kier alpha value is -3.65. The number of likely N-dealkylation sites (tertiary alicyclic amines) is 1. The molecule has 0 aliphatic carbocycles. The Balaban J connectivity index is 1.42. The molecule has 36 heavy (non-hydrogen) atoms. The number of nitrogens with zero attached hydrogens (tertiary/aromatic N) is 3. The number of carbonyl (C=O) groups is 2. The van der Waals surface area contributed by atoms with Gasteiger partial charge in [0.1, 0.15) is 18.0 Å². The fraction of sp³-hybridized carbons (Fsp3) is 0.321. The number of anilines is 1. The smallest absolute Gasteiger partial charge is 0.281 e. The van der Waals surface area contributed by atoms with E-state index in [-0.39, 0.29) is 24.4 Å². The summed E-state index contributed by atoms with van der Waals surface area (Å²) in [6.45, 7) is 5.71. The van der Waals surface area contributed by atoms with E-state index in [0.29, 0.717) is 23.1 Å². The molecule has 5 rings (SSSR count). The van der Waals surface area contributed by atoms with Crippen LogP contribution < -0.4 is 15.0 Å². The van der Waals surface area contributed by atoms with Gasteiger partial charge in [0.05, 0.1) is 12.3 Å². The highest BCUT2D eigenvalue weighted by Crippen LogP contribution is 2.28. The first-order valence-electron chi connectivity index (χ1n) is 12.4. The molecule has 1 aromatic heterocycles. The molecule has 7 nitrogen and oxygen atoms in total. The van der Waals surface area contributed by atoms with Crippen molar-refractivity contribution in [3.05, 3.63) is 66.0 Å². The summed E-state index contributed by atoms with van der Waals surface area (Å²) in [5, 5.41) is 4.37. The van der Waals surface area contributed by atoms with E-state index in [1.54, 1.807) is 0 Å². The number of ether oxygens (including phenoxy) is 1. The van der Waals surface area contributed by atoms with Crippen molar-refractivity contribution in [2.24, 2.45) is 0 Å². The molecule has 0 bridgehead atoms. The number of fused-ring (bicyclic) bond motifs is 1. The van der Waals surface area contributed by atoms with Gasteiger partial charge >= 0.3 is 0 Å². The third-order valence-corrected chi connectivity index (χ3v) is 7.12. The number of hydrogen-bond acceptors (Lipinski definition) is 4. The second-order valence-electron chi connectivity index (χ2n) is 9.22. The van der Waals surface area contributed by atoms with E-state index in [2.05, 4.69) is 12.2 Å². The second kappa shape index (κ2) is 10.1. The maximum atomic E-state index is 13.3. The molecular formula is C28H30N4O3S. The Bertz CT molecular complexity index is 1340. The molecule has 2 fully saturated rings. The van der Waals surface area contributed by atoms with Crippen LogP contribution in [-0.2, 0) is 16.1 Å². The van der Waals surface area contributed by atoms with Crippen molar-refractivity contribution < 1.29 is 14.3 Å². The number of thiocarbonyl (C=S) groups is 1. The fourth-order valence-corrected chi connectivity index (χ4v) is 5.31. The van der Waals surface area contributed by atoms with Gasteiger partial charge in [0.2, 0.25) is 5.91 Å². The molecule has 0 radical (unpaired) electrons. The number of nitrogens with one attached hydrogen (secondary N) is 1. The van der Waals surface area contributed by atoms with Crippen LogP contribution in [0.25, 0.3) is 17.0 Å². The Labute approximate surface area is 216 Å². The lowest BCUT2D eigenvalue weighted by atomic mass is 10.0. The van der Waals surface area contributed by atoms with Crippen LogP contribution in [0.5, 0.6) is 5.75 Å². The lowest BCUT2D eigenvalue weighted by Crippen LogP contribution is -2.43. The van der Waals surface area contributed by atoms with E-state index in [1.807, 2.05) is 77.2 Å². The van der Waals surface area contributed by atoms with Crippen molar-refractivity contribution in [3.63, 3.8) is 0 Å². The third kappa shape index (κ3) is 4.60. The maximum Gasteiger partial charge on any atom is 0.281 e. The Morgan fingerprint density at radius 2 is 1.94 bits per heavy atom. The first-order chi connectivity index (χ1) is 17.5. The highest BCUT2D eigenvalue weighted by atomic mass is 32.1. The number of benzene rings is 2. The second-order valence-corrected chi connectivity index (χ2v) is 9.60. The summed E-state index contributed by atoms with van der Waals surface area (Å²) in [4.78, 5) is 29.9. The molecule has 2 aromatic carbocycles. The molecule has 8 heteroatoms. The van der Waals surface area contributed by atoms with Crippen molar-refractivity contribution in [1.29, 1.82) is 0 Å². The van der Waals surface area contributed by atoms with Crippen molar-refractivity contribution in [2.75, 3.05) is 18.1 Å². The number of carbonyl (C=O) groups excluding carboxylic acids is 2. The third-order valence-electron chi connectivity index (χ3n) is 6.83. The monoisotopic (exact) mass is 502 g/mol. The van der Waals surface area contributed by atoms with Gasteiger partial charge in [-0.3, -0.25) is 14.5 Å². The highest BCUT2D eigenvalue weighted by molar-refractivity contribution is 7.80. The normalized spacial score (nSPS) is 19.3. The summed E-state index contributed by atoms with van der Waals surface area (Å²) in [5.74, 6) is 0.642. The molecular weight excluding hydrogens is 472 g/mol. The predicted molar refractivity (Wildman–Crippen MR) is 146 cm³/mol. The van der Waals surface area contributed by atoms with Gasteiger partial charge in [-0.05, 0) is 81.7 Å². The van der Waals surface area contributed by atoms with E-state index < -0.39 is 0 Å². The van der Waals surface area contributed by atoms with Crippen molar-refractivity contribution in [1.82, 2.24) is 14.8 Å². The molecule has 2 saturated heterocycles. The molecule has 3 heterocycles. The van der Waals surface area contributed by atoms with Gasteiger partial charge in [-0.2, -0.15) is 0 Å². The lowest BCUT2D eigenvalue weighted by molar-refractivity contribution is -0.135. The van der Waals surface area contributed by atoms with Crippen LogP contribution in [0, 0.1) is 0 Å². The molecule has 3 aromatic rings. The van der Waals surface area contributed by atoms with E-state index in [9.17, 15) is 9.59 Å². The molecule has 186 valence electrons. The summed E-state index contributed by atoms with van der Waals surface area (Å²) in [6.07, 6.45) is 7.04. The average molecular weight is 503 g/mol. The molecule has 0 spiro atoms. The van der Waals surface area contributed by atoms with E-state index >= 15 is 0 Å². The van der Waals surface area contributed by atoms with Crippen LogP contribution in [0.1, 0.15) is 38.7 Å². The van der Waals surface area contributed by atoms with E-state index in [0.717, 1.165) is 41.6 Å². The van der Waals surface area contributed by atoms with Crippen LogP contribution in [-0.4, -0.2) is 45.6 Å². The topological polar surface area (TPSA) is 66.8 Å². The first-order valence-corrected chi connectivity index (χ1v) is 12.8. The van der Waals surface area contributed by atoms with Gasteiger partial charge in [-0.15, -0.1) is 0 Å². The maximum absolute atomic E-state index is 13.3. The molecule has 1 N–H and O–H groups in total. The summed E-state index contributed by atoms with van der Waals surface area (Å²) in [5.41, 5.74) is 2.89. The first kappa shape index (κ1) is 24.1. The van der Waals surface area contributed by atoms with Crippen LogP contribution in [0.3, 0.4) is 0 Å². The van der Waals surface area contributed by atoms with Gasteiger partial charge in [0.15, 0.2) is 5.11 Å². The summed E-state index contributed by atoms with van der Waals surface area (Å²) in [6, 6.07) is 15.5. The van der Waals surface area contributed by atoms with Gasteiger partial charge in [-0.25, -0.2) is 0 Å². The number of para-hydroxylation sites is 1. The van der Waals surface area contributed by atoms with Gasteiger partial charge in [-0.1, -0.05) is 18.2 Å². The molecule has 1 atom stereocenters. The van der Waals surface area contributed by atoms with Gasteiger partial charge < -0.3 is 19.5 Å². The van der Waals surface area contributed by atoms with Crippen molar-refractivity contribution in [3.8, 4) is 5.75 Å². The largest absolute Gasteiger partial charge is 0.494 e. The Kier molecular flexibility index (Phi) is 6.78. The Morgan fingerprint density at radius 3 is 2.69 bits per heavy atom. The summed E-state index contributed by atoms with van der Waals surface area (Å²) < 4.78 is 7.48. The average Bonchev–Trinajstić information content (AvgIpc) is 3.36. The van der Waals surface area contributed by atoms with Crippen molar-refractivity contribution >= 4 is 51.8 Å². The van der Waals surface area contributed by atoms with E-state index in [4.69, 9.17) is 17.0 Å². The Morgan fingerprint density at radius 1 is 1.17 bits per heavy atom. The zero-order chi connectivity index (χ0) is 25.2. The van der Waals surface area contributed by atoms with Crippen LogP contribution in [0.2, 0.25) is 0 Å². The fourth-order valence-electron chi connectivity index (χ4n) is 5.01. The van der Waals surface area contributed by atoms with Gasteiger partial charge in [0.25, 0.3) is 5.91 Å². The summed E-state index contributed by atoms with van der Waals surface area (Å²) in [7, 11) is 0.